The van der Waals surface area contributed by atoms with Gasteiger partial charge in [-0.1, -0.05) is 6.07 Å². The first-order chi connectivity index (χ1) is 15.7. The van der Waals surface area contributed by atoms with Crippen molar-refractivity contribution in [2.45, 2.75) is 36.2 Å². The number of aromatic nitrogens is 2. The van der Waals surface area contributed by atoms with E-state index in [9.17, 15) is 22.0 Å². The number of hydrogen-bond donors (Lipinski definition) is 0. The highest BCUT2D eigenvalue weighted by molar-refractivity contribution is 7.89. The number of ketones is 1. The van der Waals surface area contributed by atoms with Crippen molar-refractivity contribution in [1.29, 1.82) is 0 Å². The summed E-state index contributed by atoms with van der Waals surface area (Å²) in [6, 6.07) is 3.41. The minimum absolute atomic E-state index is 0.00427. The van der Waals surface area contributed by atoms with E-state index in [0.717, 1.165) is 12.1 Å². The van der Waals surface area contributed by atoms with Gasteiger partial charge in [0, 0.05) is 64.6 Å². The van der Waals surface area contributed by atoms with E-state index in [1.54, 1.807) is 11.6 Å². The molecule has 0 unspecified atom stereocenters. The number of rotatable bonds is 7. The third-order valence-corrected chi connectivity index (χ3v) is 8.46. The molecule has 2 saturated heterocycles. The van der Waals surface area contributed by atoms with Crippen molar-refractivity contribution in [3.05, 3.63) is 47.9 Å². The van der Waals surface area contributed by atoms with Crippen LogP contribution < -0.4 is 0 Å². The molecule has 1 aromatic carbocycles. The molecule has 33 heavy (non-hydrogen) atoms. The fourth-order valence-electron chi connectivity index (χ4n) is 4.77. The Morgan fingerprint density at radius 3 is 2.33 bits per heavy atom. The summed E-state index contributed by atoms with van der Waals surface area (Å²) in [5.74, 6) is -2.27. The molecule has 11 heteroatoms. The molecule has 0 radical (unpaired) electrons. The topological polar surface area (TPSA) is 84.7 Å². The summed E-state index contributed by atoms with van der Waals surface area (Å²) in [7, 11) is -1.96. The zero-order valence-corrected chi connectivity index (χ0v) is 19.4. The van der Waals surface area contributed by atoms with Crippen LogP contribution in [0.15, 0.2) is 35.7 Å². The second-order valence-corrected chi connectivity index (χ2v) is 10.5. The molecular weight excluding hydrogens is 454 g/mol. The number of carbonyl (C=O) groups is 1. The van der Waals surface area contributed by atoms with Gasteiger partial charge in [-0.05, 0) is 31.4 Å². The number of ether oxygens (including phenoxy) is 1. The largest absolute Gasteiger partial charge is 0.381 e. The molecule has 4 rings (SSSR count). The van der Waals surface area contributed by atoms with Gasteiger partial charge in [0.05, 0.1) is 11.9 Å². The van der Waals surface area contributed by atoms with Crippen LogP contribution in [0.2, 0.25) is 0 Å². The molecule has 2 fully saturated rings. The molecule has 0 N–H and O–H groups in total. The maximum Gasteiger partial charge on any atom is 0.262 e. The Labute approximate surface area is 192 Å². The molecular formula is C22H28F2N4O4S. The van der Waals surface area contributed by atoms with Crippen LogP contribution in [0.25, 0.3) is 0 Å². The Morgan fingerprint density at radius 2 is 1.76 bits per heavy atom. The van der Waals surface area contributed by atoms with E-state index in [2.05, 4.69) is 9.88 Å². The summed E-state index contributed by atoms with van der Waals surface area (Å²) in [4.78, 5) is 18.9. The number of piperazine rings is 1. The highest BCUT2D eigenvalue weighted by Gasteiger charge is 2.42. The first-order valence-corrected chi connectivity index (χ1v) is 12.5. The normalized spacial score (nSPS) is 20.1. The SMILES string of the molecule is Cn1cnc(S(=O)(=O)N2CCN(C3(CCC(=O)c4c(F)cccc4F)CCOCC3)CC2)c1. The van der Waals surface area contributed by atoms with Crippen molar-refractivity contribution in [3.8, 4) is 0 Å². The van der Waals surface area contributed by atoms with Crippen molar-refractivity contribution in [2.24, 2.45) is 7.05 Å². The predicted octanol–water partition coefficient (Wildman–Crippen LogP) is 2.22. The molecule has 0 bridgehead atoms. The van der Waals surface area contributed by atoms with Crippen LogP contribution in [0.5, 0.6) is 0 Å². The van der Waals surface area contributed by atoms with E-state index in [1.807, 2.05) is 0 Å². The lowest BCUT2D eigenvalue weighted by Gasteiger charge is -2.49. The minimum Gasteiger partial charge on any atom is -0.381 e. The summed E-state index contributed by atoms with van der Waals surface area (Å²) >= 11 is 0. The second-order valence-electron chi connectivity index (χ2n) is 8.63. The van der Waals surface area contributed by atoms with E-state index in [4.69, 9.17) is 4.74 Å². The smallest absolute Gasteiger partial charge is 0.262 e. The van der Waals surface area contributed by atoms with Gasteiger partial charge in [0.2, 0.25) is 0 Å². The molecule has 8 nitrogen and oxygen atoms in total. The first kappa shape index (κ1) is 23.9. The van der Waals surface area contributed by atoms with Crippen molar-refractivity contribution in [3.63, 3.8) is 0 Å². The third kappa shape index (κ3) is 4.86. The quantitative estimate of drug-likeness (QED) is 0.563. The number of sulfonamides is 1. The monoisotopic (exact) mass is 482 g/mol. The van der Waals surface area contributed by atoms with Gasteiger partial charge >= 0.3 is 0 Å². The maximum atomic E-state index is 14.1. The van der Waals surface area contributed by atoms with Crippen LogP contribution in [-0.2, 0) is 21.8 Å². The van der Waals surface area contributed by atoms with Crippen LogP contribution in [0.3, 0.4) is 0 Å². The standard InChI is InChI=1S/C22H28F2N4O4S/c1-26-15-20(25-16-26)33(30,31)28-11-9-27(10-12-28)22(7-13-32-14-8-22)6-5-19(29)21-17(23)3-2-4-18(21)24/h2-4,15-16H,5-14H2,1H3. The molecule has 2 aromatic rings. The van der Waals surface area contributed by atoms with E-state index in [1.165, 1.54) is 22.9 Å². The van der Waals surface area contributed by atoms with Crippen molar-refractivity contribution in [2.75, 3.05) is 39.4 Å². The molecule has 0 aliphatic carbocycles. The molecule has 2 aliphatic rings. The summed E-state index contributed by atoms with van der Waals surface area (Å²) in [6.07, 6.45) is 4.71. The Hall–Kier alpha value is -2.21. The third-order valence-electron chi connectivity index (χ3n) is 6.68. The van der Waals surface area contributed by atoms with Crippen LogP contribution >= 0.6 is 0 Å². The van der Waals surface area contributed by atoms with E-state index in [0.29, 0.717) is 58.7 Å². The lowest BCUT2D eigenvalue weighted by molar-refractivity contribution is -0.0445. The molecule has 0 saturated carbocycles. The number of aryl methyl sites for hydroxylation is 1. The van der Waals surface area contributed by atoms with Crippen LogP contribution in [0.1, 0.15) is 36.0 Å². The number of Topliss-reactive ketones (excluding diaryl/α,β-unsaturated/α-hetero) is 1. The highest BCUT2D eigenvalue weighted by atomic mass is 32.2. The zero-order valence-electron chi connectivity index (χ0n) is 18.5. The van der Waals surface area contributed by atoms with Gasteiger partial charge < -0.3 is 9.30 Å². The number of imidazole rings is 1. The van der Waals surface area contributed by atoms with Crippen molar-refractivity contribution >= 4 is 15.8 Å². The molecule has 180 valence electrons. The summed E-state index contributed by atoms with van der Waals surface area (Å²) in [6.45, 7) is 2.64. The van der Waals surface area contributed by atoms with Gasteiger partial charge in [0.15, 0.2) is 10.8 Å². The van der Waals surface area contributed by atoms with Crippen LogP contribution in [0.4, 0.5) is 8.78 Å². The number of hydrogen-bond acceptors (Lipinski definition) is 6. The Bertz CT molecular complexity index is 1090. The van der Waals surface area contributed by atoms with Crippen molar-refractivity contribution in [1.82, 2.24) is 18.8 Å². The van der Waals surface area contributed by atoms with Gasteiger partial charge in [-0.3, -0.25) is 9.69 Å². The molecule has 2 aliphatic heterocycles. The van der Waals surface area contributed by atoms with Crippen molar-refractivity contribution < 1.29 is 26.7 Å². The molecule has 3 heterocycles. The number of halogens is 2. The van der Waals surface area contributed by atoms with E-state index in [-0.39, 0.29) is 17.0 Å². The predicted molar refractivity (Wildman–Crippen MR) is 116 cm³/mol. The number of nitrogens with zero attached hydrogens (tertiary/aromatic N) is 4. The fraction of sp³-hybridized carbons (Fsp3) is 0.545. The fourth-order valence-corrected chi connectivity index (χ4v) is 6.16. The Balaban J connectivity index is 1.45. The zero-order chi connectivity index (χ0) is 23.6. The second kappa shape index (κ2) is 9.57. The summed E-state index contributed by atoms with van der Waals surface area (Å²) < 4.78 is 62.4. The Kier molecular flexibility index (Phi) is 6.94. The molecule has 0 amide bonds. The summed E-state index contributed by atoms with van der Waals surface area (Å²) in [5.41, 5.74) is -0.873. The van der Waals surface area contributed by atoms with Gasteiger partial charge in [0.1, 0.15) is 11.6 Å². The van der Waals surface area contributed by atoms with Gasteiger partial charge in [0.25, 0.3) is 10.0 Å². The van der Waals surface area contributed by atoms with Gasteiger partial charge in [-0.15, -0.1) is 0 Å². The highest BCUT2D eigenvalue weighted by Crippen LogP contribution is 2.35. The number of benzene rings is 1. The molecule has 1 aromatic heterocycles. The van der Waals surface area contributed by atoms with Gasteiger partial charge in [-0.2, -0.15) is 4.31 Å². The maximum absolute atomic E-state index is 14.1. The van der Waals surface area contributed by atoms with Gasteiger partial charge in [-0.25, -0.2) is 22.2 Å². The average molecular weight is 483 g/mol. The van der Waals surface area contributed by atoms with Crippen LogP contribution in [-0.4, -0.2) is 77.9 Å². The van der Waals surface area contributed by atoms with Crippen LogP contribution in [0, 0.1) is 11.6 Å². The van der Waals surface area contributed by atoms with E-state index >= 15 is 0 Å². The minimum atomic E-state index is -3.67. The lowest BCUT2D eigenvalue weighted by Crippen LogP contribution is -2.59. The number of carbonyl (C=O) groups excluding carboxylic acids is 1. The lowest BCUT2D eigenvalue weighted by atomic mass is 9.82. The Morgan fingerprint density at radius 1 is 1.12 bits per heavy atom. The first-order valence-electron chi connectivity index (χ1n) is 11.0. The molecule has 0 spiro atoms. The summed E-state index contributed by atoms with van der Waals surface area (Å²) in [5, 5.41) is 0.0248. The molecule has 0 atom stereocenters. The average Bonchev–Trinajstić information content (AvgIpc) is 3.25. The van der Waals surface area contributed by atoms with E-state index < -0.39 is 33.0 Å².